The average Bonchev–Trinajstić information content (AvgIpc) is 2.42. The van der Waals surface area contributed by atoms with Gasteiger partial charge in [-0.05, 0) is 38.0 Å². The van der Waals surface area contributed by atoms with Crippen LogP contribution in [0.25, 0.3) is 0 Å². The van der Waals surface area contributed by atoms with Crippen molar-refractivity contribution in [1.82, 2.24) is 5.43 Å². The van der Waals surface area contributed by atoms with Gasteiger partial charge in [0.2, 0.25) is 0 Å². The first-order valence-electron chi connectivity index (χ1n) is 6.44. The van der Waals surface area contributed by atoms with E-state index in [4.69, 9.17) is 27.9 Å². The fraction of sp³-hybridized carbons (Fsp3) is 0.429. The molecule has 20 heavy (non-hydrogen) atoms. The first kappa shape index (κ1) is 16.8. The summed E-state index contributed by atoms with van der Waals surface area (Å²) in [5.41, 5.74) is 3.42. The van der Waals surface area contributed by atoms with Gasteiger partial charge < -0.3 is 4.74 Å². The highest BCUT2D eigenvalue weighted by Gasteiger charge is 2.15. The lowest BCUT2D eigenvalue weighted by molar-refractivity contribution is -0.127. The minimum atomic E-state index is -0.701. The van der Waals surface area contributed by atoms with Crippen LogP contribution < -0.4 is 10.2 Å². The molecular formula is C14H18Cl2N2O2. The Kier molecular flexibility index (Phi) is 6.82. The molecule has 0 bridgehead atoms. The van der Waals surface area contributed by atoms with Crippen LogP contribution in [-0.4, -0.2) is 17.7 Å². The summed E-state index contributed by atoms with van der Waals surface area (Å²) in [7, 11) is 0. The standard InChI is InChI=1S/C14H18Cl2N2O2/c1-4-11(5-2)17-18-14(19)9(3)20-13-7-6-10(15)8-12(13)16/h6-9H,4-5H2,1-3H3,(H,18,19). The molecule has 1 rings (SSSR count). The summed E-state index contributed by atoms with van der Waals surface area (Å²) >= 11 is 11.8. The van der Waals surface area contributed by atoms with Gasteiger partial charge in [-0.25, -0.2) is 5.43 Å². The van der Waals surface area contributed by atoms with Crippen LogP contribution in [0.5, 0.6) is 5.75 Å². The minimum Gasteiger partial charge on any atom is -0.479 e. The summed E-state index contributed by atoms with van der Waals surface area (Å²) in [5, 5.41) is 4.92. The lowest BCUT2D eigenvalue weighted by atomic mass is 10.2. The smallest absolute Gasteiger partial charge is 0.280 e. The van der Waals surface area contributed by atoms with Crippen LogP contribution in [0.3, 0.4) is 0 Å². The molecule has 1 N–H and O–H groups in total. The highest BCUT2D eigenvalue weighted by Crippen LogP contribution is 2.28. The Labute approximate surface area is 129 Å². The first-order chi connectivity index (χ1) is 9.47. The summed E-state index contributed by atoms with van der Waals surface area (Å²) in [5.74, 6) is 0.0873. The predicted molar refractivity (Wildman–Crippen MR) is 82.7 cm³/mol. The molecule has 0 saturated heterocycles. The molecule has 0 aliphatic rings. The quantitative estimate of drug-likeness (QED) is 0.635. The van der Waals surface area contributed by atoms with Gasteiger partial charge >= 0.3 is 0 Å². The summed E-state index contributed by atoms with van der Waals surface area (Å²) < 4.78 is 5.49. The summed E-state index contributed by atoms with van der Waals surface area (Å²) in [6, 6.07) is 4.84. The molecule has 1 amide bonds. The van der Waals surface area contributed by atoms with Gasteiger partial charge in [-0.2, -0.15) is 5.10 Å². The van der Waals surface area contributed by atoms with Crippen LogP contribution in [0.2, 0.25) is 10.0 Å². The number of amides is 1. The van der Waals surface area contributed by atoms with E-state index in [1.54, 1.807) is 25.1 Å². The Balaban J connectivity index is 2.64. The Hall–Kier alpha value is -1.26. The number of benzene rings is 1. The maximum atomic E-state index is 11.8. The van der Waals surface area contributed by atoms with Crippen LogP contribution in [0.4, 0.5) is 0 Å². The Morgan fingerprint density at radius 3 is 2.55 bits per heavy atom. The van der Waals surface area contributed by atoms with Gasteiger partial charge in [0.05, 0.1) is 5.02 Å². The zero-order chi connectivity index (χ0) is 15.1. The fourth-order valence-electron chi connectivity index (χ4n) is 1.45. The van der Waals surface area contributed by atoms with Crippen molar-refractivity contribution in [2.75, 3.05) is 0 Å². The molecule has 0 heterocycles. The third-order valence-corrected chi connectivity index (χ3v) is 3.24. The second-order valence-corrected chi connectivity index (χ2v) is 5.04. The van der Waals surface area contributed by atoms with Crippen molar-refractivity contribution >= 4 is 34.8 Å². The van der Waals surface area contributed by atoms with E-state index >= 15 is 0 Å². The van der Waals surface area contributed by atoms with Gasteiger partial charge in [0, 0.05) is 10.7 Å². The first-order valence-corrected chi connectivity index (χ1v) is 7.20. The highest BCUT2D eigenvalue weighted by atomic mass is 35.5. The molecule has 0 aromatic heterocycles. The topological polar surface area (TPSA) is 50.7 Å². The van der Waals surface area contributed by atoms with Gasteiger partial charge in [0.25, 0.3) is 5.91 Å². The Morgan fingerprint density at radius 2 is 2.00 bits per heavy atom. The Morgan fingerprint density at radius 1 is 1.35 bits per heavy atom. The maximum Gasteiger partial charge on any atom is 0.280 e. The number of carbonyl (C=O) groups excluding carboxylic acids is 1. The molecule has 0 spiro atoms. The average molecular weight is 317 g/mol. The molecule has 1 aromatic carbocycles. The van der Waals surface area contributed by atoms with E-state index in [2.05, 4.69) is 10.5 Å². The van der Waals surface area contributed by atoms with E-state index in [0.717, 1.165) is 18.6 Å². The normalized spacial score (nSPS) is 11.7. The minimum absolute atomic E-state index is 0.324. The summed E-state index contributed by atoms with van der Waals surface area (Å²) in [6.45, 7) is 5.61. The number of carbonyl (C=O) groups is 1. The van der Waals surface area contributed by atoms with Crippen molar-refractivity contribution in [2.45, 2.75) is 39.7 Å². The number of ether oxygens (including phenoxy) is 1. The molecule has 4 nitrogen and oxygen atoms in total. The third kappa shape index (κ3) is 5.02. The molecule has 0 aliphatic carbocycles. The van der Waals surface area contributed by atoms with E-state index in [1.165, 1.54) is 0 Å². The van der Waals surface area contributed by atoms with Crippen molar-refractivity contribution < 1.29 is 9.53 Å². The van der Waals surface area contributed by atoms with Crippen molar-refractivity contribution in [3.05, 3.63) is 28.2 Å². The van der Waals surface area contributed by atoms with Gasteiger partial charge in [-0.15, -0.1) is 0 Å². The van der Waals surface area contributed by atoms with Crippen molar-refractivity contribution in [2.24, 2.45) is 5.10 Å². The van der Waals surface area contributed by atoms with E-state index in [-0.39, 0.29) is 5.91 Å². The van der Waals surface area contributed by atoms with Crippen LogP contribution in [0.15, 0.2) is 23.3 Å². The van der Waals surface area contributed by atoms with Crippen LogP contribution >= 0.6 is 23.2 Å². The van der Waals surface area contributed by atoms with E-state index < -0.39 is 6.10 Å². The lowest BCUT2D eigenvalue weighted by Gasteiger charge is -2.14. The maximum absolute atomic E-state index is 11.8. The predicted octanol–water partition coefficient (Wildman–Crippen LogP) is 4.05. The lowest BCUT2D eigenvalue weighted by Crippen LogP contribution is -2.34. The van der Waals surface area contributed by atoms with Crippen LogP contribution in [-0.2, 0) is 4.79 Å². The van der Waals surface area contributed by atoms with Gasteiger partial charge in [-0.1, -0.05) is 37.0 Å². The molecule has 0 saturated carbocycles. The highest BCUT2D eigenvalue weighted by molar-refractivity contribution is 6.35. The van der Waals surface area contributed by atoms with Gasteiger partial charge in [0.1, 0.15) is 5.75 Å². The summed E-state index contributed by atoms with van der Waals surface area (Å²) in [4.78, 5) is 11.8. The monoisotopic (exact) mass is 316 g/mol. The fourth-order valence-corrected chi connectivity index (χ4v) is 1.90. The molecule has 0 aliphatic heterocycles. The molecule has 6 heteroatoms. The SMILES string of the molecule is CCC(CC)=NNC(=O)C(C)Oc1ccc(Cl)cc1Cl. The number of hydrazone groups is 1. The Bertz CT molecular complexity index is 498. The molecule has 0 fully saturated rings. The molecule has 1 aromatic rings. The summed E-state index contributed by atoms with van der Waals surface area (Å²) in [6.07, 6.45) is 0.900. The largest absolute Gasteiger partial charge is 0.479 e. The zero-order valence-electron chi connectivity index (χ0n) is 11.7. The van der Waals surface area contributed by atoms with Crippen molar-refractivity contribution in [1.29, 1.82) is 0 Å². The zero-order valence-corrected chi connectivity index (χ0v) is 13.3. The van der Waals surface area contributed by atoms with E-state index in [0.29, 0.717) is 15.8 Å². The molecule has 0 radical (unpaired) electrons. The van der Waals surface area contributed by atoms with Crippen LogP contribution in [0, 0.1) is 0 Å². The van der Waals surface area contributed by atoms with Gasteiger partial charge in [-0.3, -0.25) is 4.79 Å². The molecule has 1 unspecified atom stereocenters. The number of rotatable bonds is 6. The number of nitrogens with zero attached hydrogens (tertiary/aromatic N) is 1. The molecular weight excluding hydrogens is 299 g/mol. The van der Waals surface area contributed by atoms with Gasteiger partial charge in [0.15, 0.2) is 6.10 Å². The van der Waals surface area contributed by atoms with E-state index in [1.807, 2.05) is 13.8 Å². The number of hydrogen-bond acceptors (Lipinski definition) is 3. The van der Waals surface area contributed by atoms with Crippen molar-refractivity contribution in [3.8, 4) is 5.75 Å². The number of hydrogen-bond donors (Lipinski definition) is 1. The van der Waals surface area contributed by atoms with E-state index in [9.17, 15) is 4.79 Å². The number of nitrogens with one attached hydrogen (secondary N) is 1. The molecule has 110 valence electrons. The second kappa shape index (κ2) is 8.12. The number of halogens is 2. The van der Waals surface area contributed by atoms with Crippen molar-refractivity contribution in [3.63, 3.8) is 0 Å². The van der Waals surface area contributed by atoms with Crippen LogP contribution in [0.1, 0.15) is 33.6 Å². The third-order valence-electron chi connectivity index (χ3n) is 2.71. The molecule has 1 atom stereocenters. The second-order valence-electron chi connectivity index (χ2n) is 4.20.